The minimum Gasteiger partial charge on any atom is -0.371 e. The van der Waals surface area contributed by atoms with Gasteiger partial charge in [-0.3, -0.25) is 0 Å². The third-order valence-corrected chi connectivity index (χ3v) is 4.14. The Kier molecular flexibility index (Phi) is 3.97. The van der Waals surface area contributed by atoms with E-state index in [1.54, 1.807) is 12.1 Å². The van der Waals surface area contributed by atoms with Crippen molar-refractivity contribution < 1.29 is 4.39 Å². The summed E-state index contributed by atoms with van der Waals surface area (Å²) in [6, 6.07) is 5.13. The number of anilines is 1. The quantitative estimate of drug-likeness (QED) is 0.805. The highest BCUT2D eigenvalue weighted by Gasteiger charge is 2.23. The van der Waals surface area contributed by atoms with Crippen LogP contribution < -0.4 is 4.90 Å². The Labute approximate surface area is 108 Å². The van der Waals surface area contributed by atoms with E-state index in [1.165, 1.54) is 5.56 Å². The number of nitrogens with zero attached hydrogens (tertiary/aromatic N) is 1. The molecule has 0 aromatic heterocycles. The van der Waals surface area contributed by atoms with E-state index in [9.17, 15) is 4.39 Å². The molecule has 0 spiro atoms. The molecule has 17 heavy (non-hydrogen) atoms. The molecule has 0 aliphatic carbocycles. The largest absolute Gasteiger partial charge is 0.371 e. The molecule has 0 bridgehead atoms. The number of halogens is 1. The summed E-state index contributed by atoms with van der Waals surface area (Å²) in [7, 11) is 0. The Morgan fingerprint density at radius 1 is 1.41 bits per heavy atom. The van der Waals surface area contributed by atoms with Crippen LogP contribution in [0.25, 0.3) is 0 Å². The predicted molar refractivity (Wildman–Crippen MR) is 74.5 cm³/mol. The second kappa shape index (κ2) is 5.30. The number of thiol groups is 1. The van der Waals surface area contributed by atoms with Gasteiger partial charge in [0, 0.05) is 18.8 Å². The maximum atomic E-state index is 13.3. The molecule has 1 aromatic carbocycles. The van der Waals surface area contributed by atoms with Crippen molar-refractivity contribution in [3.8, 4) is 0 Å². The van der Waals surface area contributed by atoms with Crippen LogP contribution in [0.1, 0.15) is 19.4 Å². The smallest absolute Gasteiger partial charge is 0.125 e. The van der Waals surface area contributed by atoms with Crippen molar-refractivity contribution in [1.29, 1.82) is 0 Å². The van der Waals surface area contributed by atoms with Gasteiger partial charge in [0.25, 0.3) is 0 Å². The predicted octanol–water partition coefficient (Wildman–Crippen LogP) is 3.39. The van der Waals surface area contributed by atoms with E-state index in [1.807, 2.05) is 6.07 Å². The van der Waals surface area contributed by atoms with Crippen LogP contribution in [0.4, 0.5) is 10.1 Å². The average molecular weight is 253 g/mol. The van der Waals surface area contributed by atoms with Crippen LogP contribution in [0.3, 0.4) is 0 Å². The normalized spacial score (nSPS) is 16.4. The van der Waals surface area contributed by atoms with Crippen molar-refractivity contribution in [2.45, 2.75) is 20.3 Å². The summed E-state index contributed by atoms with van der Waals surface area (Å²) in [5.74, 6) is 1.93. The number of fused-ring (bicyclic) bond motifs is 1. The average Bonchev–Trinajstić information content (AvgIpc) is 2.68. The van der Waals surface area contributed by atoms with Crippen LogP contribution in [0.15, 0.2) is 18.2 Å². The van der Waals surface area contributed by atoms with Crippen LogP contribution in [0.5, 0.6) is 0 Å². The Hall–Kier alpha value is -0.700. The van der Waals surface area contributed by atoms with E-state index in [4.69, 9.17) is 0 Å². The van der Waals surface area contributed by atoms with Gasteiger partial charge in [-0.15, -0.1) is 0 Å². The SMILES string of the molecule is CC(C)C(CS)CN1CCc2ccc(F)cc21. The van der Waals surface area contributed by atoms with E-state index >= 15 is 0 Å². The molecule has 1 aliphatic rings. The van der Waals surface area contributed by atoms with E-state index in [0.717, 1.165) is 31.0 Å². The van der Waals surface area contributed by atoms with Crippen LogP contribution in [0, 0.1) is 17.7 Å². The number of rotatable bonds is 4. The zero-order valence-corrected chi connectivity index (χ0v) is 11.4. The summed E-state index contributed by atoms with van der Waals surface area (Å²) >= 11 is 4.42. The molecule has 0 saturated carbocycles. The highest BCUT2D eigenvalue weighted by molar-refractivity contribution is 7.80. The minimum absolute atomic E-state index is 0.136. The Balaban J connectivity index is 2.13. The highest BCUT2D eigenvalue weighted by atomic mass is 32.1. The molecule has 3 heteroatoms. The fraction of sp³-hybridized carbons (Fsp3) is 0.571. The van der Waals surface area contributed by atoms with Crippen molar-refractivity contribution in [2.75, 3.05) is 23.7 Å². The van der Waals surface area contributed by atoms with Crippen LogP contribution in [0.2, 0.25) is 0 Å². The summed E-state index contributed by atoms with van der Waals surface area (Å²) in [6.45, 7) is 6.44. The molecule has 1 nitrogen and oxygen atoms in total. The minimum atomic E-state index is -0.136. The number of benzene rings is 1. The highest BCUT2D eigenvalue weighted by Crippen LogP contribution is 2.30. The molecule has 0 radical (unpaired) electrons. The molecule has 0 amide bonds. The van der Waals surface area contributed by atoms with Crippen LogP contribution in [-0.2, 0) is 6.42 Å². The van der Waals surface area contributed by atoms with Crippen molar-refractivity contribution in [3.63, 3.8) is 0 Å². The molecule has 1 aliphatic heterocycles. The van der Waals surface area contributed by atoms with E-state index in [2.05, 4.69) is 31.4 Å². The molecular weight excluding hydrogens is 233 g/mol. The summed E-state index contributed by atoms with van der Waals surface area (Å²) in [4.78, 5) is 2.30. The maximum Gasteiger partial charge on any atom is 0.125 e. The van der Waals surface area contributed by atoms with Crippen molar-refractivity contribution >= 4 is 18.3 Å². The molecular formula is C14H20FNS. The summed E-state index contributed by atoms with van der Waals surface area (Å²) in [6.07, 6.45) is 1.03. The Morgan fingerprint density at radius 3 is 2.82 bits per heavy atom. The number of hydrogen-bond acceptors (Lipinski definition) is 2. The first-order valence-corrected chi connectivity index (χ1v) is 6.89. The lowest BCUT2D eigenvalue weighted by Crippen LogP contribution is -2.31. The molecule has 94 valence electrons. The topological polar surface area (TPSA) is 3.24 Å². The first-order chi connectivity index (χ1) is 8.11. The summed E-state index contributed by atoms with van der Waals surface area (Å²) in [5.41, 5.74) is 2.35. The van der Waals surface area contributed by atoms with Gasteiger partial charge in [-0.2, -0.15) is 12.6 Å². The molecule has 1 aromatic rings. The van der Waals surface area contributed by atoms with Gasteiger partial charge in [0.2, 0.25) is 0 Å². The second-order valence-electron chi connectivity index (χ2n) is 5.16. The fourth-order valence-corrected chi connectivity index (χ4v) is 2.91. The molecule has 1 atom stereocenters. The first kappa shape index (κ1) is 12.7. The van der Waals surface area contributed by atoms with Gasteiger partial charge in [0.1, 0.15) is 5.82 Å². The van der Waals surface area contributed by atoms with Gasteiger partial charge < -0.3 is 4.90 Å². The van der Waals surface area contributed by atoms with Gasteiger partial charge in [-0.25, -0.2) is 4.39 Å². The van der Waals surface area contributed by atoms with Gasteiger partial charge >= 0.3 is 0 Å². The molecule has 0 N–H and O–H groups in total. The molecule has 1 unspecified atom stereocenters. The van der Waals surface area contributed by atoms with E-state index in [-0.39, 0.29) is 5.82 Å². The van der Waals surface area contributed by atoms with E-state index in [0.29, 0.717) is 11.8 Å². The molecule has 0 saturated heterocycles. The summed E-state index contributed by atoms with van der Waals surface area (Å²) in [5, 5.41) is 0. The third-order valence-electron chi connectivity index (χ3n) is 3.67. The van der Waals surface area contributed by atoms with Crippen molar-refractivity contribution in [2.24, 2.45) is 11.8 Å². The third kappa shape index (κ3) is 2.76. The Bertz CT molecular complexity index is 392. The fourth-order valence-electron chi connectivity index (χ4n) is 2.37. The summed E-state index contributed by atoms with van der Waals surface area (Å²) < 4.78 is 13.3. The Morgan fingerprint density at radius 2 is 2.18 bits per heavy atom. The van der Waals surface area contributed by atoms with E-state index < -0.39 is 0 Å². The van der Waals surface area contributed by atoms with Crippen molar-refractivity contribution in [1.82, 2.24) is 0 Å². The van der Waals surface area contributed by atoms with Crippen LogP contribution in [-0.4, -0.2) is 18.8 Å². The monoisotopic (exact) mass is 253 g/mol. The molecule has 2 rings (SSSR count). The van der Waals surface area contributed by atoms with Gasteiger partial charge in [0.15, 0.2) is 0 Å². The molecule has 1 heterocycles. The maximum absolute atomic E-state index is 13.3. The second-order valence-corrected chi connectivity index (χ2v) is 5.52. The zero-order chi connectivity index (χ0) is 12.4. The first-order valence-electron chi connectivity index (χ1n) is 6.26. The lowest BCUT2D eigenvalue weighted by Gasteiger charge is -2.27. The lowest BCUT2D eigenvalue weighted by molar-refractivity contribution is 0.426. The van der Waals surface area contributed by atoms with Crippen molar-refractivity contribution in [3.05, 3.63) is 29.6 Å². The number of hydrogen-bond donors (Lipinski definition) is 1. The standard InChI is InChI=1S/C14H20FNS/c1-10(2)12(9-17)8-16-6-5-11-3-4-13(15)7-14(11)16/h3-4,7,10,12,17H,5-6,8-9H2,1-2H3. The van der Waals surface area contributed by atoms with Gasteiger partial charge in [-0.05, 0) is 41.7 Å². The van der Waals surface area contributed by atoms with Crippen LogP contribution >= 0.6 is 12.6 Å². The van der Waals surface area contributed by atoms with Gasteiger partial charge in [0.05, 0.1) is 0 Å². The zero-order valence-electron chi connectivity index (χ0n) is 10.5. The van der Waals surface area contributed by atoms with Gasteiger partial charge in [-0.1, -0.05) is 19.9 Å². The molecule has 0 fully saturated rings. The lowest BCUT2D eigenvalue weighted by atomic mass is 9.97.